The van der Waals surface area contributed by atoms with Crippen molar-refractivity contribution in [3.05, 3.63) is 95.3 Å². The van der Waals surface area contributed by atoms with Crippen molar-refractivity contribution in [3.63, 3.8) is 0 Å². The van der Waals surface area contributed by atoms with Gasteiger partial charge in [0.05, 0.1) is 11.0 Å². The van der Waals surface area contributed by atoms with Crippen molar-refractivity contribution in [2.75, 3.05) is 13.2 Å². The number of fused-ring (bicyclic) bond motifs is 1. The zero-order chi connectivity index (χ0) is 23.6. The van der Waals surface area contributed by atoms with Crippen LogP contribution in [0.2, 0.25) is 5.02 Å². The Kier molecular flexibility index (Phi) is 8.58. The predicted molar refractivity (Wildman–Crippen MR) is 137 cm³/mol. The summed E-state index contributed by atoms with van der Waals surface area (Å²) in [7, 11) is 0. The molecule has 4 rings (SSSR count). The maximum atomic E-state index is 12.0. The van der Waals surface area contributed by atoms with E-state index in [4.69, 9.17) is 21.3 Å². The molecule has 1 heterocycles. The van der Waals surface area contributed by atoms with E-state index < -0.39 is 0 Å². The molecule has 1 amide bonds. The van der Waals surface area contributed by atoms with Gasteiger partial charge in [-0.05, 0) is 61.2 Å². The van der Waals surface area contributed by atoms with Crippen molar-refractivity contribution in [1.29, 1.82) is 0 Å². The number of para-hydroxylation sites is 2. The van der Waals surface area contributed by atoms with E-state index in [0.717, 1.165) is 50.0 Å². The predicted octanol–water partition coefficient (Wildman–Crippen LogP) is 5.84. The SMILES string of the molecule is O=C(COc1ccc(Cl)cc1)NCCCCCc1nc2ccccc2n1CCc1ccccc1. The fourth-order valence-corrected chi connectivity index (χ4v) is 4.12. The van der Waals surface area contributed by atoms with E-state index in [-0.39, 0.29) is 12.5 Å². The molecule has 1 N–H and O–H groups in total. The summed E-state index contributed by atoms with van der Waals surface area (Å²) in [6, 6.07) is 25.9. The Morgan fingerprint density at radius 2 is 1.65 bits per heavy atom. The van der Waals surface area contributed by atoms with Gasteiger partial charge >= 0.3 is 0 Å². The maximum absolute atomic E-state index is 12.0. The molecular weight excluding hydrogens is 446 g/mol. The molecule has 0 bridgehead atoms. The molecule has 0 aliphatic carbocycles. The summed E-state index contributed by atoms with van der Waals surface area (Å²) in [5.41, 5.74) is 3.59. The Labute approximate surface area is 205 Å². The zero-order valence-electron chi connectivity index (χ0n) is 19.3. The molecule has 0 unspecified atom stereocenters. The second-order valence-electron chi connectivity index (χ2n) is 8.31. The number of aryl methyl sites for hydroxylation is 3. The number of aromatic nitrogens is 2. The minimum Gasteiger partial charge on any atom is -0.484 e. The third kappa shape index (κ3) is 6.84. The molecule has 6 heteroatoms. The van der Waals surface area contributed by atoms with Crippen LogP contribution in [0, 0.1) is 0 Å². The number of amides is 1. The molecule has 0 aliphatic rings. The van der Waals surface area contributed by atoms with Crippen LogP contribution in [0.5, 0.6) is 5.75 Å². The molecule has 34 heavy (non-hydrogen) atoms. The van der Waals surface area contributed by atoms with Gasteiger partial charge in [-0.3, -0.25) is 4.79 Å². The first-order valence-corrected chi connectivity index (χ1v) is 12.2. The van der Waals surface area contributed by atoms with Crippen LogP contribution in [-0.2, 0) is 24.2 Å². The number of halogens is 1. The molecule has 176 valence electrons. The maximum Gasteiger partial charge on any atom is 0.257 e. The number of benzene rings is 3. The lowest BCUT2D eigenvalue weighted by atomic mass is 10.1. The average Bonchev–Trinajstić information content (AvgIpc) is 3.22. The summed E-state index contributed by atoms with van der Waals surface area (Å²) >= 11 is 5.85. The van der Waals surface area contributed by atoms with Gasteiger partial charge in [0.2, 0.25) is 0 Å². The topological polar surface area (TPSA) is 56.1 Å². The van der Waals surface area contributed by atoms with E-state index in [1.54, 1.807) is 24.3 Å². The smallest absolute Gasteiger partial charge is 0.257 e. The summed E-state index contributed by atoms with van der Waals surface area (Å²) in [5.74, 6) is 1.66. The van der Waals surface area contributed by atoms with Crippen LogP contribution in [0.1, 0.15) is 30.7 Å². The van der Waals surface area contributed by atoms with Crippen LogP contribution in [0.3, 0.4) is 0 Å². The summed E-state index contributed by atoms with van der Waals surface area (Å²) in [5, 5.41) is 3.57. The van der Waals surface area contributed by atoms with Crippen LogP contribution >= 0.6 is 11.6 Å². The number of nitrogens with zero attached hydrogens (tertiary/aromatic N) is 2. The first-order valence-electron chi connectivity index (χ1n) is 11.8. The largest absolute Gasteiger partial charge is 0.484 e. The lowest BCUT2D eigenvalue weighted by Gasteiger charge is -2.10. The number of hydrogen-bond donors (Lipinski definition) is 1. The molecule has 0 radical (unpaired) electrons. The number of ether oxygens (including phenoxy) is 1. The first kappa shape index (κ1) is 23.8. The van der Waals surface area contributed by atoms with Gasteiger partial charge in [0.15, 0.2) is 6.61 Å². The Bertz CT molecular complexity index is 1190. The van der Waals surface area contributed by atoms with Gasteiger partial charge < -0.3 is 14.6 Å². The van der Waals surface area contributed by atoms with Gasteiger partial charge in [-0.2, -0.15) is 0 Å². The van der Waals surface area contributed by atoms with Gasteiger partial charge in [0.25, 0.3) is 5.91 Å². The molecule has 3 aromatic carbocycles. The minimum atomic E-state index is -0.113. The fourth-order valence-electron chi connectivity index (χ4n) is 3.99. The monoisotopic (exact) mass is 475 g/mol. The number of unbranched alkanes of at least 4 members (excludes halogenated alkanes) is 2. The molecule has 0 spiro atoms. The van der Waals surface area contributed by atoms with Gasteiger partial charge in [-0.15, -0.1) is 0 Å². The highest BCUT2D eigenvalue weighted by molar-refractivity contribution is 6.30. The van der Waals surface area contributed by atoms with Crippen LogP contribution in [-0.4, -0.2) is 28.6 Å². The number of rotatable bonds is 12. The molecule has 0 aliphatic heterocycles. The molecule has 4 aromatic rings. The summed E-state index contributed by atoms with van der Waals surface area (Å²) in [6.07, 6.45) is 4.90. The quantitative estimate of drug-likeness (QED) is 0.262. The number of imidazole rings is 1. The first-order chi connectivity index (χ1) is 16.7. The third-order valence-corrected chi connectivity index (χ3v) is 6.04. The van der Waals surface area contributed by atoms with Crippen LogP contribution in [0.25, 0.3) is 11.0 Å². The molecule has 0 atom stereocenters. The Morgan fingerprint density at radius 1 is 0.882 bits per heavy atom. The van der Waals surface area contributed by atoms with Gasteiger partial charge in [0, 0.05) is 24.5 Å². The van der Waals surface area contributed by atoms with E-state index in [9.17, 15) is 4.79 Å². The van der Waals surface area contributed by atoms with Crippen LogP contribution in [0.4, 0.5) is 0 Å². The van der Waals surface area contributed by atoms with E-state index in [2.05, 4.69) is 58.4 Å². The van der Waals surface area contributed by atoms with Crippen molar-refractivity contribution < 1.29 is 9.53 Å². The van der Waals surface area contributed by atoms with Gasteiger partial charge in [-0.1, -0.05) is 60.5 Å². The summed E-state index contributed by atoms with van der Waals surface area (Å²) in [6.45, 7) is 1.57. The lowest BCUT2D eigenvalue weighted by Crippen LogP contribution is -2.29. The number of carbonyl (C=O) groups excluding carboxylic acids is 1. The van der Waals surface area contributed by atoms with Crippen molar-refractivity contribution in [2.24, 2.45) is 0 Å². The normalized spacial score (nSPS) is 11.0. The molecule has 1 aromatic heterocycles. The highest BCUT2D eigenvalue weighted by Gasteiger charge is 2.10. The van der Waals surface area contributed by atoms with Crippen molar-refractivity contribution in [2.45, 2.75) is 38.6 Å². The number of hydrogen-bond acceptors (Lipinski definition) is 3. The lowest BCUT2D eigenvalue weighted by molar-refractivity contribution is -0.123. The highest BCUT2D eigenvalue weighted by atomic mass is 35.5. The molecule has 0 fully saturated rings. The Balaban J connectivity index is 1.20. The van der Waals surface area contributed by atoms with Gasteiger partial charge in [0.1, 0.15) is 11.6 Å². The molecule has 0 saturated heterocycles. The van der Waals surface area contributed by atoms with Crippen molar-refractivity contribution in [3.8, 4) is 5.75 Å². The second kappa shape index (κ2) is 12.2. The van der Waals surface area contributed by atoms with Gasteiger partial charge in [-0.25, -0.2) is 4.98 Å². The van der Waals surface area contributed by atoms with E-state index in [1.807, 2.05) is 6.07 Å². The Hall–Kier alpha value is -3.31. The Morgan fingerprint density at radius 3 is 2.47 bits per heavy atom. The second-order valence-corrected chi connectivity index (χ2v) is 8.74. The summed E-state index contributed by atoms with van der Waals surface area (Å²) in [4.78, 5) is 16.9. The molecule has 0 saturated carbocycles. The van der Waals surface area contributed by atoms with Crippen LogP contribution < -0.4 is 10.1 Å². The van der Waals surface area contributed by atoms with Crippen molar-refractivity contribution in [1.82, 2.24) is 14.9 Å². The highest BCUT2D eigenvalue weighted by Crippen LogP contribution is 2.19. The fraction of sp³-hybridized carbons (Fsp3) is 0.286. The van der Waals surface area contributed by atoms with Crippen molar-refractivity contribution >= 4 is 28.5 Å². The van der Waals surface area contributed by atoms with Crippen LogP contribution in [0.15, 0.2) is 78.9 Å². The van der Waals surface area contributed by atoms with E-state index in [0.29, 0.717) is 17.3 Å². The molecule has 5 nitrogen and oxygen atoms in total. The zero-order valence-corrected chi connectivity index (χ0v) is 20.0. The number of carbonyl (C=O) groups is 1. The third-order valence-electron chi connectivity index (χ3n) is 5.78. The summed E-state index contributed by atoms with van der Waals surface area (Å²) < 4.78 is 7.83. The average molecular weight is 476 g/mol. The standard InChI is InChI=1S/C28H30ClN3O2/c29-23-14-16-24(17-15-23)34-21-28(33)30-19-8-2-5-13-27-31-25-11-6-7-12-26(25)32(27)20-18-22-9-3-1-4-10-22/h1,3-4,6-7,9-12,14-17H,2,5,8,13,18-21H2,(H,30,33). The minimum absolute atomic E-state index is 0.00702. The number of nitrogens with one attached hydrogen (secondary N) is 1. The van der Waals surface area contributed by atoms with E-state index >= 15 is 0 Å². The van der Waals surface area contributed by atoms with E-state index in [1.165, 1.54) is 11.1 Å². The molecular formula is C28H30ClN3O2.